The highest BCUT2D eigenvalue weighted by Gasteiger charge is 2.23. The Hall–Kier alpha value is -0.940. The first-order valence-corrected chi connectivity index (χ1v) is 7.34. The van der Waals surface area contributed by atoms with Crippen molar-refractivity contribution in [1.82, 2.24) is 0 Å². The number of rotatable bonds is 7. The van der Waals surface area contributed by atoms with Gasteiger partial charge in [-0.15, -0.1) is 0 Å². The largest absolute Gasteiger partial charge is 0.394 e. The Morgan fingerprint density at radius 3 is 2.50 bits per heavy atom. The Morgan fingerprint density at radius 2 is 1.80 bits per heavy atom. The van der Waals surface area contributed by atoms with Crippen molar-refractivity contribution in [2.75, 3.05) is 13.2 Å². The van der Waals surface area contributed by atoms with E-state index in [1.54, 1.807) is 0 Å². The standard InChI is InChI=1S/C16H24O4/c17-10-14(18)12-20-16-8-4-7-15(9-16)19-11-13-5-2-1-3-6-13/h1-3,5-6,14-18H,4,7-12H2/t14-,15+,16-/m0/s1. The highest BCUT2D eigenvalue weighted by molar-refractivity contribution is 5.13. The van der Waals surface area contributed by atoms with Crippen LogP contribution in [0.3, 0.4) is 0 Å². The highest BCUT2D eigenvalue weighted by atomic mass is 16.5. The molecule has 1 aliphatic carbocycles. The average Bonchev–Trinajstić information content (AvgIpc) is 2.52. The summed E-state index contributed by atoms with van der Waals surface area (Å²) in [5, 5.41) is 18.1. The summed E-state index contributed by atoms with van der Waals surface area (Å²) in [6.45, 7) is 0.588. The van der Waals surface area contributed by atoms with Gasteiger partial charge in [0.1, 0.15) is 6.10 Å². The molecule has 1 aromatic carbocycles. The van der Waals surface area contributed by atoms with E-state index in [1.807, 2.05) is 18.2 Å². The molecule has 2 N–H and O–H groups in total. The molecule has 0 bridgehead atoms. The summed E-state index contributed by atoms with van der Waals surface area (Å²) in [4.78, 5) is 0. The lowest BCUT2D eigenvalue weighted by molar-refractivity contribution is -0.0759. The van der Waals surface area contributed by atoms with E-state index in [2.05, 4.69) is 12.1 Å². The summed E-state index contributed by atoms with van der Waals surface area (Å²) in [5.41, 5.74) is 1.19. The molecule has 4 nitrogen and oxygen atoms in total. The highest BCUT2D eigenvalue weighted by Crippen LogP contribution is 2.24. The van der Waals surface area contributed by atoms with E-state index < -0.39 is 6.10 Å². The number of aliphatic hydroxyl groups is 2. The Morgan fingerprint density at radius 1 is 1.10 bits per heavy atom. The molecule has 0 heterocycles. The number of benzene rings is 1. The minimum atomic E-state index is -0.777. The van der Waals surface area contributed by atoms with Crippen LogP contribution in [0.25, 0.3) is 0 Å². The molecule has 1 aromatic rings. The van der Waals surface area contributed by atoms with Crippen molar-refractivity contribution in [3.8, 4) is 0 Å². The molecule has 0 spiro atoms. The van der Waals surface area contributed by atoms with E-state index in [0.717, 1.165) is 25.7 Å². The molecule has 1 saturated carbocycles. The van der Waals surface area contributed by atoms with Gasteiger partial charge in [0, 0.05) is 0 Å². The maximum absolute atomic E-state index is 9.30. The van der Waals surface area contributed by atoms with Crippen LogP contribution in [-0.2, 0) is 16.1 Å². The Bertz CT molecular complexity index is 368. The lowest BCUT2D eigenvalue weighted by Crippen LogP contribution is -2.31. The van der Waals surface area contributed by atoms with E-state index in [0.29, 0.717) is 6.61 Å². The summed E-state index contributed by atoms with van der Waals surface area (Å²) >= 11 is 0. The third-order valence-electron chi connectivity index (χ3n) is 3.64. The number of hydrogen-bond acceptors (Lipinski definition) is 4. The Balaban J connectivity index is 1.70. The molecule has 1 fully saturated rings. The zero-order valence-electron chi connectivity index (χ0n) is 11.8. The molecule has 2 rings (SSSR count). The predicted octanol–water partition coefficient (Wildman–Crippen LogP) is 1.88. The van der Waals surface area contributed by atoms with E-state index in [1.165, 1.54) is 5.56 Å². The van der Waals surface area contributed by atoms with Crippen LogP contribution < -0.4 is 0 Å². The van der Waals surface area contributed by atoms with Crippen LogP contribution in [0, 0.1) is 0 Å². The van der Waals surface area contributed by atoms with Gasteiger partial charge in [-0.3, -0.25) is 0 Å². The van der Waals surface area contributed by atoms with Gasteiger partial charge < -0.3 is 19.7 Å². The zero-order chi connectivity index (χ0) is 14.2. The molecule has 1 aliphatic rings. The second kappa shape index (κ2) is 8.37. The third kappa shape index (κ3) is 5.21. The van der Waals surface area contributed by atoms with Gasteiger partial charge in [-0.25, -0.2) is 0 Å². The van der Waals surface area contributed by atoms with Gasteiger partial charge in [-0.1, -0.05) is 30.3 Å². The molecule has 0 aromatic heterocycles. The summed E-state index contributed by atoms with van der Waals surface area (Å²) in [6, 6.07) is 10.2. The van der Waals surface area contributed by atoms with Crippen molar-refractivity contribution in [3.05, 3.63) is 35.9 Å². The third-order valence-corrected chi connectivity index (χ3v) is 3.64. The summed E-state index contributed by atoms with van der Waals surface area (Å²) in [6.07, 6.45) is 3.59. The van der Waals surface area contributed by atoms with Gasteiger partial charge in [0.2, 0.25) is 0 Å². The first-order chi connectivity index (χ1) is 9.78. The molecule has 4 heteroatoms. The Labute approximate surface area is 120 Å². The van der Waals surface area contributed by atoms with Crippen LogP contribution in [0.2, 0.25) is 0 Å². The van der Waals surface area contributed by atoms with E-state index in [9.17, 15) is 5.11 Å². The van der Waals surface area contributed by atoms with Crippen LogP contribution in [0.1, 0.15) is 31.2 Å². The number of aliphatic hydroxyl groups excluding tert-OH is 2. The first-order valence-electron chi connectivity index (χ1n) is 7.34. The fraction of sp³-hybridized carbons (Fsp3) is 0.625. The van der Waals surface area contributed by atoms with Gasteiger partial charge in [-0.05, 0) is 31.2 Å². The fourth-order valence-electron chi connectivity index (χ4n) is 2.49. The fourth-order valence-corrected chi connectivity index (χ4v) is 2.49. The minimum Gasteiger partial charge on any atom is -0.394 e. The normalized spacial score (nSPS) is 24.5. The van der Waals surface area contributed by atoms with Crippen molar-refractivity contribution in [2.45, 2.75) is 50.6 Å². The SMILES string of the molecule is OC[C@H](O)CO[C@H]1CCC[C@@H](OCc2ccccc2)C1. The monoisotopic (exact) mass is 280 g/mol. The van der Waals surface area contributed by atoms with Gasteiger partial charge in [0.05, 0.1) is 32.0 Å². The quantitative estimate of drug-likeness (QED) is 0.800. The first kappa shape index (κ1) is 15.4. The molecular weight excluding hydrogens is 256 g/mol. The second-order valence-electron chi connectivity index (χ2n) is 5.38. The van der Waals surface area contributed by atoms with Gasteiger partial charge in [0.25, 0.3) is 0 Å². The topological polar surface area (TPSA) is 58.9 Å². The van der Waals surface area contributed by atoms with Crippen molar-refractivity contribution >= 4 is 0 Å². The molecular formula is C16H24O4. The van der Waals surface area contributed by atoms with Crippen LogP contribution in [-0.4, -0.2) is 41.7 Å². The summed E-state index contributed by atoms with van der Waals surface area (Å²) in [5.74, 6) is 0. The van der Waals surface area contributed by atoms with Crippen LogP contribution in [0.4, 0.5) is 0 Å². The van der Waals surface area contributed by atoms with E-state index in [-0.39, 0.29) is 25.4 Å². The van der Waals surface area contributed by atoms with Crippen molar-refractivity contribution in [3.63, 3.8) is 0 Å². The molecule has 0 aliphatic heterocycles. The predicted molar refractivity (Wildman–Crippen MR) is 76.3 cm³/mol. The molecule has 112 valence electrons. The number of ether oxygens (including phenoxy) is 2. The molecule has 0 radical (unpaired) electrons. The molecule has 0 unspecified atom stereocenters. The lowest BCUT2D eigenvalue weighted by atomic mass is 9.95. The summed E-state index contributed by atoms with van der Waals surface area (Å²) in [7, 11) is 0. The smallest absolute Gasteiger partial charge is 0.100 e. The summed E-state index contributed by atoms with van der Waals surface area (Å²) < 4.78 is 11.6. The van der Waals surface area contributed by atoms with Crippen molar-refractivity contribution in [2.24, 2.45) is 0 Å². The zero-order valence-corrected chi connectivity index (χ0v) is 11.8. The van der Waals surface area contributed by atoms with Crippen molar-refractivity contribution in [1.29, 1.82) is 0 Å². The number of hydrogen-bond donors (Lipinski definition) is 2. The second-order valence-corrected chi connectivity index (χ2v) is 5.38. The van der Waals surface area contributed by atoms with E-state index in [4.69, 9.17) is 14.6 Å². The van der Waals surface area contributed by atoms with E-state index >= 15 is 0 Å². The van der Waals surface area contributed by atoms with Crippen LogP contribution in [0.15, 0.2) is 30.3 Å². The molecule has 20 heavy (non-hydrogen) atoms. The van der Waals surface area contributed by atoms with Crippen LogP contribution in [0.5, 0.6) is 0 Å². The maximum Gasteiger partial charge on any atom is 0.100 e. The average molecular weight is 280 g/mol. The molecule has 3 atom stereocenters. The van der Waals surface area contributed by atoms with Crippen LogP contribution >= 0.6 is 0 Å². The van der Waals surface area contributed by atoms with Crippen molar-refractivity contribution < 1.29 is 19.7 Å². The lowest BCUT2D eigenvalue weighted by Gasteiger charge is -2.29. The Kier molecular flexibility index (Phi) is 6.47. The molecule has 0 saturated heterocycles. The minimum absolute atomic E-state index is 0.130. The van der Waals surface area contributed by atoms with Gasteiger partial charge >= 0.3 is 0 Å². The van der Waals surface area contributed by atoms with Gasteiger partial charge in [-0.2, -0.15) is 0 Å². The molecule has 0 amide bonds. The maximum atomic E-state index is 9.30. The van der Waals surface area contributed by atoms with Gasteiger partial charge in [0.15, 0.2) is 0 Å².